The van der Waals surface area contributed by atoms with Crippen LogP contribution in [0.25, 0.3) is 11.1 Å². The fourth-order valence-corrected chi connectivity index (χ4v) is 3.38. The number of nitrogens with zero attached hydrogens (tertiary/aromatic N) is 4. The third kappa shape index (κ3) is 2.54. The van der Waals surface area contributed by atoms with Crippen molar-refractivity contribution in [2.45, 2.75) is 6.42 Å². The van der Waals surface area contributed by atoms with Gasteiger partial charge in [-0.2, -0.15) is 21.0 Å². The lowest BCUT2D eigenvalue weighted by Gasteiger charge is -2.11. The Morgan fingerprint density at radius 1 is 0.609 bits per heavy atom. The van der Waals surface area contributed by atoms with Crippen LogP contribution in [0.15, 0.2) is 11.1 Å². The van der Waals surface area contributed by atoms with Gasteiger partial charge in [-0.15, -0.1) is 0 Å². The Hall–Kier alpha value is -2.18. The summed E-state index contributed by atoms with van der Waals surface area (Å²) in [5.74, 6) is 0. The van der Waals surface area contributed by atoms with Crippen molar-refractivity contribution in [3.05, 3.63) is 42.4 Å². The quantitative estimate of drug-likeness (QED) is 0.346. The fraction of sp³-hybridized carbons (Fsp3) is 0.0667. The lowest BCUT2D eigenvalue weighted by molar-refractivity contribution is 1.41. The van der Waals surface area contributed by atoms with Crippen LogP contribution in [0, 0.1) is 45.3 Å². The maximum Gasteiger partial charge on any atom is 0.133 e. The SMILES string of the molecule is N#CC(C#N)=C1CC(=C(C#N)C#N)c2c(Cl)c(Cl)c(Cl)c(Cl)c21. The van der Waals surface area contributed by atoms with E-state index in [1.807, 2.05) is 0 Å². The predicted octanol–water partition coefficient (Wildman–Crippen LogP) is 5.31. The molecule has 8 heteroatoms. The molecule has 0 unspecified atom stereocenters. The smallest absolute Gasteiger partial charge is 0.133 e. The number of rotatable bonds is 0. The van der Waals surface area contributed by atoms with E-state index >= 15 is 0 Å². The van der Waals surface area contributed by atoms with Gasteiger partial charge >= 0.3 is 0 Å². The van der Waals surface area contributed by atoms with Gasteiger partial charge in [0.1, 0.15) is 35.4 Å². The third-order valence-electron chi connectivity index (χ3n) is 3.27. The summed E-state index contributed by atoms with van der Waals surface area (Å²) in [6.45, 7) is 0. The Morgan fingerprint density at radius 2 is 0.913 bits per heavy atom. The van der Waals surface area contributed by atoms with Crippen LogP contribution in [0.3, 0.4) is 0 Å². The largest absolute Gasteiger partial charge is 0.192 e. The molecule has 0 fully saturated rings. The third-order valence-corrected chi connectivity index (χ3v) is 5.08. The molecule has 1 aliphatic carbocycles. The first-order valence-electron chi connectivity index (χ1n) is 5.86. The summed E-state index contributed by atoms with van der Waals surface area (Å²) in [6, 6.07) is 7.05. The van der Waals surface area contributed by atoms with Crippen molar-refractivity contribution in [1.29, 1.82) is 21.0 Å². The van der Waals surface area contributed by atoms with Crippen LogP contribution < -0.4 is 0 Å². The van der Waals surface area contributed by atoms with E-state index in [0.29, 0.717) is 0 Å². The van der Waals surface area contributed by atoms with Crippen LogP contribution in [0.4, 0.5) is 0 Å². The summed E-state index contributed by atoms with van der Waals surface area (Å²) in [4.78, 5) is 0. The number of halogens is 4. The zero-order valence-corrected chi connectivity index (χ0v) is 14.0. The monoisotopic (exact) mass is 378 g/mol. The Balaban J connectivity index is 3.11. The highest BCUT2D eigenvalue weighted by Gasteiger charge is 2.34. The molecule has 1 aromatic rings. The molecule has 1 aromatic carbocycles. The average molecular weight is 380 g/mol. The van der Waals surface area contributed by atoms with Crippen LogP contribution in [0.5, 0.6) is 0 Å². The Morgan fingerprint density at radius 3 is 1.17 bits per heavy atom. The van der Waals surface area contributed by atoms with Crippen molar-refractivity contribution in [3.63, 3.8) is 0 Å². The van der Waals surface area contributed by atoms with Gasteiger partial charge in [0.15, 0.2) is 0 Å². The summed E-state index contributed by atoms with van der Waals surface area (Å²) in [5, 5.41) is 36.5. The predicted molar refractivity (Wildman–Crippen MR) is 87.4 cm³/mol. The fourth-order valence-electron chi connectivity index (χ4n) is 2.30. The highest BCUT2D eigenvalue weighted by atomic mass is 35.5. The summed E-state index contributed by atoms with van der Waals surface area (Å²) in [5.41, 5.74) is 0.618. The zero-order valence-electron chi connectivity index (χ0n) is 11.0. The van der Waals surface area contributed by atoms with E-state index < -0.39 is 0 Å². The first-order chi connectivity index (χ1) is 10.9. The number of hydrogen-bond donors (Lipinski definition) is 0. The van der Waals surface area contributed by atoms with Gasteiger partial charge in [0.2, 0.25) is 0 Å². The minimum Gasteiger partial charge on any atom is -0.192 e. The molecule has 0 N–H and O–H groups in total. The molecule has 1 aliphatic rings. The van der Waals surface area contributed by atoms with Gasteiger partial charge < -0.3 is 0 Å². The summed E-state index contributed by atoms with van der Waals surface area (Å²) >= 11 is 24.5. The van der Waals surface area contributed by atoms with Crippen LogP contribution in [-0.2, 0) is 0 Å². The minimum absolute atomic E-state index is 0.0132. The molecule has 0 amide bonds. The Bertz CT molecular complexity index is 864. The van der Waals surface area contributed by atoms with Crippen LogP contribution >= 0.6 is 46.4 Å². The molecule has 0 bridgehead atoms. The Labute approximate surface area is 151 Å². The molecule has 0 aliphatic heterocycles. The van der Waals surface area contributed by atoms with Crippen LogP contribution in [-0.4, -0.2) is 0 Å². The van der Waals surface area contributed by atoms with Crippen molar-refractivity contribution in [1.82, 2.24) is 0 Å². The first kappa shape index (κ1) is 17.2. The number of fused-ring (bicyclic) bond motifs is 1. The highest BCUT2D eigenvalue weighted by molar-refractivity contribution is 6.53. The maximum absolute atomic E-state index is 9.12. The molecule has 0 radical (unpaired) electrons. The second-order valence-corrected chi connectivity index (χ2v) is 5.85. The lowest BCUT2D eigenvalue weighted by Crippen LogP contribution is -1.91. The molecule has 0 spiro atoms. The van der Waals surface area contributed by atoms with Gasteiger partial charge in [-0.25, -0.2) is 0 Å². The lowest BCUT2D eigenvalue weighted by atomic mass is 10.0. The second kappa shape index (κ2) is 6.52. The van der Waals surface area contributed by atoms with Crippen LogP contribution in [0.2, 0.25) is 20.1 Å². The molecule has 0 saturated carbocycles. The molecule has 0 saturated heterocycles. The first-order valence-corrected chi connectivity index (χ1v) is 7.37. The molecule has 0 atom stereocenters. The van der Waals surface area contributed by atoms with Gasteiger partial charge in [0, 0.05) is 17.5 Å². The van der Waals surface area contributed by atoms with Gasteiger partial charge in [-0.1, -0.05) is 46.4 Å². The van der Waals surface area contributed by atoms with Gasteiger partial charge in [-0.05, 0) is 11.1 Å². The van der Waals surface area contributed by atoms with E-state index in [9.17, 15) is 0 Å². The molecular weight excluding hydrogens is 378 g/mol. The Kier molecular flexibility index (Phi) is 4.87. The van der Waals surface area contributed by atoms with E-state index in [2.05, 4.69) is 0 Å². The summed E-state index contributed by atoms with van der Waals surface area (Å²) < 4.78 is 0. The average Bonchev–Trinajstić information content (AvgIpc) is 2.94. The number of benzene rings is 1. The number of allylic oxidation sites excluding steroid dienone is 4. The van der Waals surface area contributed by atoms with Crippen molar-refractivity contribution < 1.29 is 0 Å². The van der Waals surface area contributed by atoms with Gasteiger partial charge in [0.25, 0.3) is 0 Å². The van der Waals surface area contributed by atoms with E-state index in [0.717, 1.165) is 0 Å². The molecule has 110 valence electrons. The van der Waals surface area contributed by atoms with Crippen molar-refractivity contribution in [2.24, 2.45) is 0 Å². The van der Waals surface area contributed by atoms with E-state index in [4.69, 9.17) is 67.5 Å². The van der Waals surface area contributed by atoms with E-state index in [1.54, 1.807) is 24.3 Å². The minimum atomic E-state index is -0.201. The molecule has 0 heterocycles. The molecule has 23 heavy (non-hydrogen) atoms. The molecule has 2 rings (SSSR count). The molecule has 0 aromatic heterocycles. The highest BCUT2D eigenvalue weighted by Crippen LogP contribution is 2.54. The topological polar surface area (TPSA) is 95.2 Å². The normalized spacial score (nSPS) is 11.8. The molecule has 4 nitrogen and oxygen atoms in total. The standard InChI is InChI=1S/C15H2Cl4N4/c16-12-10-8(6(2-20)3-21)1-9(7(4-22)5-23)11(10)13(17)15(19)14(12)18/h1H2. The zero-order chi connectivity index (χ0) is 17.3. The maximum atomic E-state index is 9.12. The van der Waals surface area contributed by atoms with E-state index in [1.165, 1.54) is 0 Å². The van der Waals surface area contributed by atoms with Gasteiger partial charge in [-0.3, -0.25) is 0 Å². The number of hydrogen-bond acceptors (Lipinski definition) is 4. The summed E-state index contributed by atoms with van der Waals surface area (Å²) in [6.07, 6.45) is -0.0155. The van der Waals surface area contributed by atoms with Gasteiger partial charge in [0.05, 0.1) is 20.1 Å². The second-order valence-electron chi connectivity index (χ2n) is 4.34. The summed E-state index contributed by atoms with van der Waals surface area (Å²) in [7, 11) is 0. The van der Waals surface area contributed by atoms with Crippen LogP contribution in [0.1, 0.15) is 17.5 Å². The van der Waals surface area contributed by atoms with Crippen molar-refractivity contribution >= 4 is 57.5 Å². The number of nitriles is 4. The van der Waals surface area contributed by atoms with Crippen molar-refractivity contribution in [3.8, 4) is 24.3 Å². The van der Waals surface area contributed by atoms with Crippen molar-refractivity contribution in [2.75, 3.05) is 0 Å². The molecular formula is C15H2Cl4N4. The van der Waals surface area contributed by atoms with E-state index in [-0.39, 0.29) is 59.9 Å².